The molecule has 0 fully saturated rings. The van der Waals surface area contributed by atoms with Gasteiger partial charge in [0.15, 0.2) is 12.4 Å². The summed E-state index contributed by atoms with van der Waals surface area (Å²) >= 11 is 0. The van der Waals surface area contributed by atoms with Crippen molar-refractivity contribution in [3.05, 3.63) is 24.9 Å². The molecule has 0 aliphatic heterocycles. The molecule has 0 aromatic carbocycles. The van der Waals surface area contributed by atoms with Crippen LogP contribution in [0.5, 0.6) is 0 Å². The van der Waals surface area contributed by atoms with Gasteiger partial charge in [0.2, 0.25) is 0 Å². The lowest BCUT2D eigenvalue weighted by molar-refractivity contribution is -0.416. The van der Waals surface area contributed by atoms with Crippen molar-refractivity contribution >= 4 is 6.21 Å². The van der Waals surface area contributed by atoms with E-state index in [-0.39, 0.29) is 0 Å². The summed E-state index contributed by atoms with van der Waals surface area (Å²) < 4.78 is 1.94. The number of rotatable bonds is 2. The standard InChI is InChI=1S/C7H12N/c1-4-6-8(3)7-5-2/h4-7H,1H2,2-3H3/q+1/b7-5-,8-6?. The summed E-state index contributed by atoms with van der Waals surface area (Å²) in [6, 6.07) is 0. The van der Waals surface area contributed by atoms with E-state index < -0.39 is 0 Å². The maximum Gasteiger partial charge on any atom is 0.167 e. The predicted molar refractivity (Wildman–Crippen MR) is 37.3 cm³/mol. The first-order valence-corrected chi connectivity index (χ1v) is 2.62. The molecule has 0 unspecified atom stereocenters. The second-order valence-corrected chi connectivity index (χ2v) is 1.53. The van der Waals surface area contributed by atoms with Gasteiger partial charge in [-0.15, -0.1) is 0 Å². The topological polar surface area (TPSA) is 3.01 Å². The quantitative estimate of drug-likeness (QED) is 0.373. The van der Waals surface area contributed by atoms with Crippen LogP contribution in [0.15, 0.2) is 24.9 Å². The highest BCUT2D eigenvalue weighted by molar-refractivity contribution is 5.65. The van der Waals surface area contributed by atoms with E-state index in [1.54, 1.807) is 6.08 Å². The van der Waals surface area contributed by atoms with Gasteiger partial charge in [0.05, 0.1) is 0 Å². The average molecular weight is 110 g/mol. The van der Waals surface area contributed by atoms with Crippen LogP contribution in [0, 0.1) is 0 Å². The first-order chi connectivity index (χ1) is 3.81. The van der Waals surface area contributed by atoms with Gasteiger partial charge in [0.1, 0.15) is 7.05 Å². The van der Waals surface area contributed by atoms with Crippen LogP contribution in [0.2, 0.25) is 0 Å². The predicted octanol–water partition coefficient (Wildman–Crippen LogP) is 1.42. The Kier molecular flexibility index (Phi) is 3.85. The Morgan fingerprint density at radius 2 is 2.12 bits per heavy atom. The zero-order valence-electron chi connectivity index (χ0n) is 5.46. The summed E-state index contributed by atoms with van der Waals surface area (Å²) in [7, 11) is 1.96. The third kappa shape index (κ3) is 3.34. The summed E-state index contributed by atoms with van der Waals surface area (Å²) in [5, 5.41) is 0. The van der Waals surface area contributed by atoms with Gasteiger partial charge in [-0.05, 0) is 19.1 Å². The molecular weight excluding hydrogens is 98.1 g/mol. The molecule has 0 aliphatic carbocycles. The largest absolute Gasteiger partial charge is 0.208 e. The Hall–Kier alpha value is -0.850. The van der Waals surface area contributed by atoms with Gasteiger partial charge in [-0.25, -0.2) is 4.58 Å². The van der Waals surface area contributed by atoms with Crippen molar-refractivity contribution in [1.82, 2.24) is 0 Å². The summed E-state index contributed by atoms with van der Waals surface area (Å²) in [5.41, 5.74) is 0. The van der Waals surface area contributed by atoms with E-state index in [9.17, 15) is 0 Å². The molecule has 1 nitrogen and oxygen atoms in total. The van der Waals surface area contributed by atoms with Crippen molar-refractivity contribution < 1.29 is 4.58 Å². The van der Waals surface area contributed by atoms with Crippen LogP contribution < -0.4 is 0 Å². The molecule has 0 aromatic rings. The molecule has 0 aromatic heterocycles. The van der Waals surface area contributed by atoms with Crippen LogP contribution in [-0.4, -0.2) is 17.8 Å². The monoisotopic (exact) mass is 110 g/mol. The van der Waals surface area contributed by atoms with Gasteiger partial charge in [-0.1, -0.05) is 6.58 Å². The van der Waals surface area contributed by atoms with Crippen molar-refractivity contribution in [3.8, 4) is 0 Å². The van der Waals surface area contributed by atoms with Gasteiger partial charge >= 0.3 is 0 Å². The summed E-state index contributed by atoms with van der Waals surface area (Å²) in [4.78, 5) is 0. The molecule has 0 saturated carbocycles. The van der Waals surface area contributed by atoms with E-state index in [4.69, 9.17) is 0 Å². The SMILES string of the molecule is C=CC=[N+](C)/C=C\C. The molecule has 0 atom stereocenters. The Labute approximate surface area is 50.7 Å². The fourth-order valence-electron chi connectivity index (χ4n) is 0.451. The average Bonchev–Trinajstić information content (AvgIpc) is 1.68. The fourth-order valence-corrected chi connectivity index (χ4v) is 0.451. The third-order valence-electron chi connectivity index (χ3n) is 0.725. The van der Waals surface area contributed by atoms with E-state index in [0.717, 1.165) is 0 Å². The minimum absolute atomic E-state index is 1.75. The zero-order chi connectivity index (χ0) is 6.41. The van der Waals surface area contributed by atoms with Crippen molar-refractivity contribution in [2.24, 2.45) is 0 Å². The van der Waals surface area contributed by atoms with E-state index in [0.29, 0.717) is 0 Å². The number of allylic oxidation sites excluding steroid dienone is 2. The molecule has 0 heterocycles. The van der Waals surface area contributed by atoms with Gasteiger partial charge in [0.25, 0.3) is 0 Å². The zero-order valence-corrected chi connectivity index (χ0v) is 5.46. The Morgan fingerprint density at radius 1 is 1.50 bits per heavy atom. The Balaban J connectivity index is 3.79. The van der Waals surface area contributed by atoms with Crippen molar-refractivity contribution in [1.29, 1.82) is 0 Å². The first-order valence-electron chi connectivity index (χ1n) is 2.62. The van der Waals surface area contributed by atoms with Crippen molar-refractivity contribution in [2.75, 3.05) is 7.05 Å². The van der Waals surface area contributed by atoms with Gasteiger partial charge in [0, 0.05) is 0 Å². The van der Waals surface area contributed by atoms with E-state index in [2.05, 4.69) is 6.58 Å². The molecule has 0 saturated heterocycles. The fraction of sp³-hybridized carbons (Fsp3) is 0.286. The van der Waals surface area contributed by atoms with Gasteiger partial charge < -0.3 is 0 Å². The molecule has 0 amide bonds. The highest BCUT2D eigenvalue weighted by atomic mass is 14.9. The Morgan fingerprint density at radius 3 is 2.50 bits per heavy atom. The minimum atomic E-state index is 1.75. The van der Waals surface area contributed by atoms with Crippen molar-refractivity contribution in [2.45, 2.75) is 6.92 Å². The molecular formula is C7H12N+. The molecule has 0 N–H and O–H groups in total. The molecule has 44 valence electrons. The lowest BCUT2D eigenvalue weighted by Crippen LogP contribution is -1.93. The second-order valence-electron chi connectivity index (χ2n) is 1.53. The first kappa shape index (κ1) is 7.15. The van der Waals surface area contributed by atoms with Gasteiger partial charge in [-0.3, -0.25) is 0 Å². The third-order valence-corrected chi connectivity index (χ3v) is 0.725. The summed E-state index contributed by atoms with van der Waals surface area (Å²) in [6.45, 7) is 5.53. The van der Waals surface area contributed by atoms with E-state index in [1.807, 2.05) is 37.0 Å². The normalized spacial score (nSPS) is 12.5. The number of hydrogen-bond donors (Lipinski definition) is 0. The van der Waals surface area contributed by atoms with Crippen LogP contribution in [0.25, 0.3) is 0 Å². The molecule has 0 rings (SSSR count). The van der Waals surface area contributed by atoms with Crippen molar-refractivity contribution in [3.63, 3.8) is 0 Å². The summed E-state index contributed by atoms with van der Waals surface area (Å²) in [5.74, 6) is 0. The number of hydrogen-bond acceptors (Lipinski definition) is 0. The highest BCUT2D eigenvalue weighted by Gasteiger charge is 1.77. The molecule has 8 heavy (non-hydrogen) atoms. The van der Waals surface area contributed by atoms with Crippen LogP contribution in [0.1, 0.15) is 6.92 Å². The molecule has 0 bridgehead atoms. The Bertz CT molecular complexity index is 120. The molecule has 0 aliphatic rings. The van der Waals surface area contributed by atoms with Crippen LogP contribution in [0.4, 0.5) is 0 Å². The molecule has 0 radical (unpaired) electrons. The molecule has 0 spiro atoms. The summed E-state index contributed by atoms with van der Waals surface area (Å²) in [6.07, 6.45) is 7.57. The lowest BCUT2D eigenvalue weighted by atomic mass is 10.6. The maximum absolute atomic E-state index is 3.55. The highest BCUT2D eigenvalue weighted by Crippen LogP contribution is 1.69. The minimum Gasteiger partial charge on any atom is -0.208 e. The van der Waals surface area contributed by atoms with E-state index in [1.165, 1.54) is 0 Å². The van der Waals surface area contributed by atoms with Crippen LogP contribution in [0.3, 0.4) is 0 Å². The van der Waals surface area contributed by atoms with E-state index >= 15 is 0 Å². The van der Waals surface area contributed by atoms with Gasteiger partial charge in [-0.2, -0.15) is 0 Å². The molecule has 1 heteroatoms. The second kappa shape index (κ2) is 4.31. The van der Waals surface area contributed by atoms with Crippen LogP contribution >= 0.6 is 0 Å². The maximum atomic E-state index is 3.55. The van der Waals surface area contributed by atoms with Crippen LogP contribution in [-0.2, 0) is 0 Å². The lowest BCUT2D eigenvalue weighted by Gasteiger charge is -1.78. The smallest absolute Gasteiger partial charge is 0.167 e. The number of nitrogens with zero attached hydrogens (tertiary/aromatic N) is 1.